The maximum atomic E-state index is 12.6. The van der Waals surface area contributed by atoms with E-state index in [-0.39, 0.29) is 23.6 Å². The number of nitrogens with one attached hydrogen (secondary N) is 1. The highest BCUT2D eigenvalue weighted by Gasteiger charge is 2.28. The second-order valence-corrected chi connectivity index (χ2v) is 7.23. The van der Waals surface area contributed by atoms with Crippen LogP contribution in [0.2, 0.25) is 5.02 Å². The molecule has 1 aliphatic rings. The minimum absolute atomic E-state index is 0.0126. The number of Topliss-reactive ketones (excluding diaryl/α,β-unsaturated/α-hetero) is 1. The van der Waals surface area contributed by atoms with Gasteiger partial charge >= 0.3 is 0 Å². The van der Waals surface area contributed by atoms with Crippen LogP contribution in [0.3, 0.4) is 0 Å². The molecule has 29 heavy (non-hydrogen) atoms. The molecule has 1 heterocycles. The van der Waals surface area contributed by atoms with Crippen molar-refractivity contribution >= 4 is 29.2 Å². The Labute approximate surface area is 172 Å². The Kier molecular flexibility index (Phi) is 5.27. The Hall–Kier alpha value is -3.25. The first-order valence-corrected chi connectivity index (χ1v) is 9.52. The molecule has 6 nitrogen and oxygen atoms in total. The number of carbonyl (C=O) groups is 2. The SMILES string of the molecule is COc1ccccc1C(=O)Nc1ncc2c(n1)C[C@@H](c1cccc(Cl)c1)CC2=O. The second kappa shape index (κ2) is 8.01. The van der Waals surface area contributed by atoms with Crippen LogP contribution in [0.1, 0.15) is 44.3 Å². The molecule has 1 atom stereocenters. The van der Waals surface area contributed by atoms with Crippen molar-refractivity contribution < 1.29 is 14.3 Å². The highest BCUT2D eigenvalue weighted by Crippen LogP contribution is 2.33. The molecular weight excluding hydrogens is 390 g/mol. The number of halogens is 1. The maximum Gasteiger partial charge on any atom is 0.261 e. The van der Waals surface area contributed by atoms with Crippen LogP contribution in [0.15, 0.2) is 54.7 Å². The molecule has 0 aliphatic heterocycles. The quantitative estimate of drug-likeness (QED) is 0.697. The molecule has 0 fully saturated rings. The van der Waals surface area contributed by atoms with Gasteiger partial charge in [-0.3, -0.25) is 14.9 Å². The highest BCUT2D eigenvalue weighted by molar-refractivity contribution is 6.30. The van der Waals surface area contributed by atoms with Crippen molar-refractivity contribution in [1.29, 1.82) is 0 Å². The van der Waals surface area contributed by atoms with Gasteiger partial charge in [-0.2, -0.15) is 0 Å². The molecule has 1 aromatic heterocycles. The van der Waals surface area contributed by atoms with Gasteiger partial charge < -0.3 is 4.74 Å². The van der Waals surface area contributed by atoms with Crippen LogP contribution in [0.25, 0.3) is 0 Å². The number of aromatic nitrogens is 2. The minimum Gasteiger partial charge on any atom is -0.496 e. The average Bonchev–Trinajstić information content (AvgIpc) is 2.73. The van der Waals surface area contributed by atoms with E-state index < -0.39 is 0 Å². The molecule has 0 unspecified atom stereocenters. The van der Waals surface area contributed by atoms with E-state index in [1.807, 2.05) is 18.2 Å². The van der Waals surface area contributed by atoms with Crippen LogP contribution in [-0.2, 0) is 6.42 Å². The van der Waals surface area contributed by atoms with E-state index >= 15 is 0 Å². The maximum absolute atomic E-state index is 12.6. The zero-order chi connectivity index (χ0) is 20.4. The van der Waals surface area contributed by atoms with E-state index in [2.05, 4.69) is 15.3 Å². The van der Waals surface area contributed by atoms with Gasteiger partial charge in [-0.1, -0.05) is 35.9 Å². The Morgan fingerprint density at radius 3 is 2.79 bits per heavy atom. The van der Waals surface area contributed by atoms with Crippen LogP contribution < -0.4 is 10.1 Å². The van der Waals surface area contributed by atoms with Crippen molar-refractivity contribution in [2.24, 2.45) is 0 Å². The fraction of sp³-hybridized carbons (Fsp3) is 0.182. The molecule has 0 radical (unpaired) electrons. The Bertz CT molecular complexity index is 1100. The monoisotopic (exact) mass is 407 g/mol. The predicted octanol–water partition coefficient (Wildman–Crippen LogP) is 4.30. The summed E-state index contributed by atoms with van der Waals surface area (Å²) in [5, 5.41) is 3.32. The molecule has 0 saturated carbocycles. The zero-order valence-corrected chi connectivity index (χ0v) is 16.4. The van der Waals surface area contributed by atoms with E-state index in [9.17, 15) is 9.59 Å². The van der Waals surface area contributed by atoms with Crippen molar-refractivity contribution in [2.75, 3.05) is 12.4 Å². The van der Waals surface area contributed by atoms with Crippen molar-refractivity contribution in [2.45, 2.75) is 18.8 Å². The van der Waals surface area contributed by atoms with Gasteiger partial charge in [0.25, 0.3) is 5.91 Å². The number of ether oxygens (including phenoxy) is 1. The summed E-state index contributed by atoms with van der Waals surface area (Å²) in [6.07, 6.45) is 2.43. The molecule has 1 N–H and O–H groups in total. The Morgan fingerprint density at radius 1 is 1.17 bits per heavy atom. The first kappa shape index (κ1) is 19.1. The number of carbonyl (C=O) groups excluding carboxylic acids is 2. The third-order valence-corrected chi connectivity index (χ3v) is 5.17. The fourth-order valence-corrected chi connectivity index (χ4v) is 3.70. The fourth-order valence-electron chi connectivity index (χ4n) is 3.50. The van der Waals surface area contributed by atoms with Gasteiger partial charge in [0.1, 0.15) is 5.75 Å². The van der Waals surface area contributed by atoms with Gasteiger partial charge in [0.15, 0.2) is 5.78 Å². The molecule has 1 aliphatic carbocycles. The molecule has 0 saturated heterocycles. The van der Waals surface area contributed by atoms with Gasteiger partial charge in [-0.05, 0) is 42.2 Å². The molecule has 1 amide bonds. The van der Waals surface area contributed by atoms with Crippen molar-refractivity contribution in [1.82, 2.24) is 9.97 Å². The predicted molar refractivity (Wildman–Crippen MR) is 110 cm³/mol. The number of para-hydroxylation sites is 1. The highest BCUT2D eigenvalue weighted by atomic mass is 35.5. The van der Waals surface area contributed by atoms with Gasteiger partial charge in [0, 0.05) is 17.6 Å². The molecule has 4 rings (SSSR count). The lowest BCUT2D eigenvalue weighted by Crippen LogP contribution is -2.22. The van der Waals surface area contributed by atoms with Crippen molar-refractivity contribution in [3.05, 3.63) is 82.1 Å². The van der Waals surface area contributed by atoms with Gasteiger partial charge in [-0.25, -0.2) is 9.97 Å². The number of rotatable bonds is 4. The summed E-state index contributed by atoms with van der Waals surface area (Å²) in [7, 11) is 1.50. The molecule has 7 heteroatoms. The number of ketones is 1. The number of anilines is 1. The first-order chi connectivity index (χ1) is 14.0. The van der Waals surface area contributed by atoms with E-state index in [0.29, 0.717) is 40.4 Å². The van der Waals surface area contributed by atoms with Crippen LogP contribution >= 0.6 is 11.6 Å². The Morgan fingerprint density at radius 2 is 2.00 bits per heavy atom. The van der Waals surface area contributed by atoms with Gasteiger partial charge in [0.05, 0.1) is 23.9 Å². The molecule has 0 bridgehead atoms. The summed E-state index contributed by atoms with van der Waals surface area (Å²) in [6.45, 7) is 0. The number of hydrogen-bond acceptors (Lipinski definition) is 5. The molecule has 2 aromatic carbocycles. The van der Waals surface area contributed by atoms with Gasteiger partial charge in [0.2, 0.25) is 5.95 Å². The average molecular weight is 408 g/mol. The van der Waals surface area contributed by atoms with Gasteiger partial charge in [-0.15, -0.1) is 0 Å². The molecular formula is C22H18ClN3O3. The molecule has 3 aromatic rings. The number of benzene rings is 2. The minimum atomic E-state index is -0.379. The summed E-state index contributed by atoms with van der Waals surface area (Å²) < 4.78 is 5.22. The normalized spacial score (nSPS) is 15.5. The van der Waals surface area contributed by atoms with Crippen LogP contribution in [0.5, 0.6) is 5.75 Å². The third kappa shape index (κ3) is 3.98. The second-order valence-electron chi connectivity index (χ2n) is 6.79. The number of amides is 1. The lowest BCUT2D eigenvalue weighted by atomic mass is 9.82. The van der Waals surface area contributed by atoms with E-state index in [1.165, 1.54) is 13.3 Å². The van der Waals surface area contributed by atoms with Crippen LogP contribution in [0, 0.1) is 0 Å². The summed E-state index contributed by atoms with van der Waals surface area (Å²) in [6, 6.07) is 14.4. The van der Waals surface area contributed by atoms with Crippen molar-refractivity contribution in [3.8, 4) is 5.75 Å². The first-order valence-electron chi connectivity index (χ1n) is 9.14. The third-order valence-electron chi connectivity index (χ3n) is 4.94. The van der Waals surface area contributed by atoms with E-state index in [1.54, 1.807) is 30.3 Å². The lowest BCUT2D eigenvalue weighted by Gasteiger charge is -2.23. The van der Waals surface area contributed by atoms with E-state index in [0.717, 1.165) is 5.56 Å². The zero-order valence-electron chi connectivity index (χ0n) is 15.7. The summed E-state index contributed by atoms with van der Waals surface area (Å²) in [5.41, 5.74) is 2.49. The van der Waals surface area contributed by atoms with Crippen molar-refractivity contribution in [3.63, 3.8) is 0 Å². The standard InChI is InChI=1S/C22H18ClN3O3/c1-29-20-8-3-2-7-16(20)21(28)26-22-24-12-17-18(25-22)10-14(11-19(17)27)13-5-4-6-15(23)9-13/h2-9,12,14H,10-11H2,1H3,(H,24,25,26,28)/t14-/m1/s1. The largest absolute Gasteiger partial charge is 0.496 e. The Balaban J connectivity index is 1.59. The number of nitrogens with zero attached hydrogens (tertiary/aromatic N) is 2. The smallest absolute Gasteiger partial charge is 0.261 e. The lowest BCUT2D eigenvalue weighted by molar-refractivity contribution is 0.0962. The topological polar surface area (TPSA) is 81.2 Å². The van der Waals surface area contributed by atoms with E-state index in [4.69, 9.17) is 16.3 Å². The number of methoxy groups -OCH3 is 1. The number of hydrogen-bond donors (Lipinski definition) is 1. The van der Waals surface area contributed by atoms with Crippen LogP contribution in [-0.4, -0.2) is 28.8 Å². The molecule has 146 valence electrons. The van der Waals surface area contributed by atoms with Crippen LogP contribution in [0.4, 0.5) is 5.95 Å². The summed E-state index contributed by atoms with van der Waals surface area (Å²) in [4.78, 5) is 33.8. The molecule has 0 spiro atoms. The summed E-state index contributed by atoms with van der Waals surface area (Å²) >= 11 is 6.10. The summed E-state index contributed by atoms with van der Waals surface area (Å²) in [5.74, 6) is 0.203. The number of fused-ring (bicyclic) bond motifs is 1.